The molecule has 80 valence electrons. The first-order valence-electron chi connectivity index (χ1n) is 4.23. The number of hydrogen-bond acceptors (Lipinski definition) is 2. The molecule has 0 unspecified atom stereocenters. The number of nitrogens with zero attached hydrogens (tertiary/aromatic N) is 2. The van der Waals surface area contributed by atoms with E-state index in [1.807, 2.05) is 6.07 Å². The lowest BCUT2D eigenvalue weighted by molar-refractivity contribution is 0.156. The minimum atomic E-state index is -2.40. The van der Waals surface area contributed by atoms with Crippen molar-refractivity contribution in [3.63, 3.8) is 0 Å². The van der Waals surface area contributed by atoms with Crippen molar-refractivity contribution in [3.05, 3.63) is 28.8 Å². The molecule has 0 radical (unpaired) electrons. The minimum absolute atomic E-state index is 0.274. The van der Waals surface area contributed by atoms with Crippen molar-refractivity contribution in [1.29, 1.82) is 5.26 Å². The van der Waals surface area contributed by atoms with Gasteiger partial charge in [0.2, 0.25) is 0 Å². The molecule has 2 nitrogen and oxygen atoms in total. The largest absolute Gasteiger partial charge is 0.369 e. The highest BCUT2D eigenvalue weighted by atomic mass is 35.5. The Bertz CT molecular complexity index is 387. The molecule has 0 amide bonds. The lowest BCUT2D eigenvalue weighted by Gasteiger charge is -2.18. The van der Waals surface area contributed by atoms with Crippen LogP contribution in [0.5, 0.6) is 0 Å². The summed E-state index contributed by atoms with van der Waals surface area (Å²) in [4.78, 5) is 1.39. The number of hydrogen-bond donors (Lipinski definition) is 0. The molecule has 0 N–H and O–H groups in total. The first kappa shape index (κ1) is 11.7. The summed E-state index contributed by atoms with van der Waals surface area (Å²) in [6.45, 7) is -0.359. The van der Waals surface area contributed by atoms with Crippen LogP contribution < -0.4 is 4.90 Å². The highest BCUT2D eigenvalue weighted by Crippen LogP contribution is 2.22. The molecular formula is C10H9ClF2N2. The number of benzene rings is 1. The molecule has 0 bridgehead atoms. The van der Waals surface area contributed by atoms with Crippen molar-refractivity contribution in [2.45, 2.75) is 6.43 Å². The number of anilines is 1. The maximum atomic E-state index is 12.1. The lowest BCUT2D eigenvalue weighted by Crippen LogP contribution is -2.23. The number of halogens is 3. The Morgan fingerprint density at radius 3 is 2.67 bits per heavy atom. The van der Waals surface area contributed by atoms with Crippen LogP contribution in [0.2, 0.25) is 5.02 Å². The van der Waals surface area contributed by atoms with E-state index in [2.05, 4.69) is 0 Å². The Labute approximate surface area is 91.7 Å². The maximum absolute atomic E-state index is 12.1. The van der Waals surface area contributed by atoms with Gasteiger partial charge in [-0.2, -0.15) is 5.26 Å². The van der Waals surface area contributed by atoms with Gasteiger partial charge < -0.3 is 4.90 Å². The van der Waals surface area contributed by atoms with Gasteiger partial charge in [-0.05, 0) is 18.2 Å². The Hall–Kier alpha value is -1.34. The van der Waals surface area contributed by atoms with Gasteiger partial charge in [-0.25, -0.2) is 8.78 Å². The van der Waals surface area contributed by atoms with Crippen LogP contribution in [0.1, 0.15) is 5.56 Å². The zero-order valence-electron chi connectivity index (χ0n) is 8.04. The summed E-state index contributed by atoms with van der Waals surface area (Å²) in [6.07, 6.45) is -2.40. The van der Waals surface area contributed by atoms with Gasteiger partial charge in [-0.3, -0.25) is 0 Å². The van der Waals surface area contributed by atoms with Crippen LogP contribution in [-0.4, -0.2) is 20.0 Å². The summed E-state index contributed by atoms with van der Waals surface area (Å²) >= 11 is 5.77. The smallest absolute Gasteiger partial charge is 0.255 e. The van der Waals surface area contributed by atoms with Crippen molar-refractivity contribution < 1.29 is 8.78 Å². The minimum Gasteiger partial charge on any atom is -0.369 e. The number of alkyl halides is 2. The average Bonchev–Trinajstić information content (AvgIpc) is 2.16. The van der Waals surface area contributed by atoms with Gasteiger partial charge in [-0.15, -0.1) is 0 Å². The topological polar surface area (TPSA) is 27.0 Å². The summed E-state index contributed by atoms with van der Waals surface area (Å²) in [6, 6.07) is 6.51. The molecule has 15 heavy (non-hydrogen) atoms. The second-order valence-corrected chi connectivity index (χ2v) is 3.45. The van der Waals surface area contributed by atoms with Crippen molar-refractivity contribution in [2.75, 3.05) is 18.5 Å². The molecule has 0 saturated carbocycles. The van der Waals surface area contributed by atoms with Crippen molar-refractivity contribution in [1.82, 2.24) is 0 Å². The molecule has 0 atom stereocenters. The fraction of sp³-hybridized carbons (Fsp3) is 0.300. The molecule has 5 heteroatoms. The van der Waals surface area contributed by atoms with Crippen LogP contribution in [0.15, 0.2) is 18.2 Å². The fourth-order valence-corrected chi connectivity index (χ4v) is 1.36. The predicted molar refractivity (Wildman–Crippen MR) is 55.4 cm³/mol. The summed E-state index contributed by atoms with van der Waals surface area (Å²) in [5.74, 6) is 0. The molecule has 0 saturated heterocycles. The van der Waals surface area contributed by atoms with Gasteiger partial charge in [-0.1, -0.05) is 11.6 Å². The second-order valence-electron chi connectivity index (χ2n) is 3.05. The average molecular weight is 231 g/mol. The lowest BCUT2D eigenvalue weighted by atomic mass is 10.2. The van der Waals surface area contributed by atoms with Gasteiger partial charge in [0.25, 0.3) is 6.43 Å². The first-order valence-corrected chi connectivity index (χ1v) is 4.61. The Kier molecular flexibility index (Phi) is 3.87. The van der Waals surface area contributed by atoms with Crippen molar-refractivity contribution in [3.8, 4) is 6.07 Å². The summed E-state index contributed by atoms with van der Waals surface area (Å²) < 4.78 is 24.2. The van der Waals surface area contributed by atoms with Gasteiger partial charge in [0.1, 0.15) is 6.07 Å². The molecule has 1 aromatic carbocycles. The zero-order valence-corrected chi connectivity index (χ0v) is 8.80. The summed E-state index contributed by atoms with van der Waals surface area (Å²) in [5, 5.41) is 8.90. The zero-order chi connectivity index (χ0) is 11.4. The Morgan fingerprint density at radius 2 is 2.20 bits per heavy atom. The van der Waals surface area contributed by atoms with E-state index in [9.17, 15) is 8.78 Å². The molecule has 0 aliphatic rings. The van der Waals surface area contributed by atoms with E-state index in [1.165, 1.54) is 17.0 Å². The van der Waals surface area contributed by atoms with E-state index in [0.29, 0.717) is 11.3 Å². The fourth-order valence-electron chi connectivity index (χ4n) is 1.14. The van der Waals surface area contributed by atoms with E-state index in [4.69, 9.17) is 16.9 Å². The quantitative estimate of drug-likeness (QED) is 0.798. The van der Waals surface area contributed by atoms with Gasteiger partial charge in [0.15, 0.2) is 0 Å². The molecule has 0 spiro atoms. The van der Waals surface area contributed by atoms with Gasteiger partial charge >= 0.3 is 0 Å². The number of nitriles is 1. The molecular weight excluding hydrogens is 222 g/mol. The van der Waals surface area contributed by atoms with Crippen molar-refractivity contribution in [2.24, 2.45) is 0 Å². The molecule has 0 aromatic heterocycles. The van der Waals surface area contributed by atoms with Crippen LogP contribution in [-0.2, 0) is 0 Å². The molecule has 0 heterocycles. The van der Waals surface area contributed by atoms with E-state index >= 15 is 0 Å². The third-order valence-electron chi connectivity index (χ3n) is 1.93. The van der Waals surface area contributed by atoms with Crippen LogP contribution in [0, 0.1) is 11.3 Å². The van der Waals surface area contributed by atoms with E-state index < -0.39 is 6.43 Å². The van der Waals surface area contributed by atoms with E-state index in [-0.39, 0.29) is 11.6 Å². The molecule has 1 rings (SSSR count). The van der Waals surface area contributed by atoms with Crippen molar-refractivity contribution >= 4 is 17.3 Å². The van der Waals surface area contributed by atoms with Crippen LogP contribution >= 0.6 is 11.6 Å². The van der Waals surface area contributed by atoms with Crippen LogP contribution in [0.4, 0.5) is 14.5 Å². The third-order valence-corrected chi connectivity index (χ3v) is 2.24. The maximum Gasteiger partial charge on any atom is 0.255 e. The first-order chi connectivity index (χ1) is 7.04. The second kappa shape index (κ2) is 4.94. The summed E-state index contributed by atoms with van der Waals surface area (Å²) in [7, 11) is 1.55. The Balaban J connectivity index is 2.88. The normalized spacial score (nSPS) is 10.1. The predicted octanol–water partition coefficient (Wildman–Crippen LogP) is 2.91. The molecule has 1 aromatic rings. The highest BCUT2D eigenvalue weighted by molar-refractivity contribution is 6.32. The monoisotopic (exact) mass is 230 g/mol. The summed E-state index contributed by atoms with van der Waals surface area (Å²) in [5.41, 5.74) is 0.908. The molecule has 0 aliphatic heterocycles. The van der Waals surface area contributed by atoms with E-state index in [0.717, 1.165) is 0 Å². The van der Waals surface area contributed by atoms with Gasteiger partial charge in [0.05, 0.1) is 17.1 Å². The van der Waals surface area contributed by atoms with Crippen LogP contribution in [0.3, 0.4) is 0 Å². The SMILES string of the molecule is CN(CC(F)F)c1ccc(C#N)c(Cl)c1. The van der Waals surface area contributed by atoms with Gasteiger partial charge in [0, 0.05) is 12.7 Å². The highest BCUT2D eigenvalue weighted by Gasteiger charge is 2.09. The number of rotatable bonds is 3. The standard InChI is InChI=1S/C10H9ClF2N2/c1-15(6-10(12)13)8-3-2-7(5-14)9(11)4-8/h2-4,10H,6H2,1H3. The molecule has 0 fully saturated rings. The molecule has 0 aliphatic carbocycles. The third kappa shape index (κ3) is 3.07. The van der Waals surface area contributed by atoms with E-state index in [1.54, 1.807) is 13.1 Å². The van der Waals surface area contributed by atoms with Crippen LogP contribution in [0.25, 0.3) is 0 Å². The Morgan fingerprint density at radius 1 is 1.53 bits per heavy atom.